The van der Waals surface area contributed by atoms with Gasteiger partial charge in [0, 0.05) is 24.9 Å². The van der Waals surface area contributed by atoms with Gasteiger partial charge in [0.25, 0.3) is 0 Å². The third kappa shape index (κ3) is 2.22. The third-order valence-electron chi connectivity index (χ3n) is 3.03. The number of hydrogen-bond donors (Lipinski definition) is 1. The molecule has 3 rings (SSSR count). The van der Waals surface area contributed by atoms with Crippen LogP contribution in [0, 0.1) is 0 Å². The highest BCUT2D eigenvalue weighted by atomic mass is 15.3. The maximum atomic E-state index is 4.56. The normalized spacial score (nSPS) is 15.1. The van der Waals surface area contributed by atoms with Gasteiger partial charge in [0.1, 0.15) is 0 Å². The molecule has 1 saturated carbocycles. The first-order chi connectivity index (χ1) is 8.36. The van der Waals surface area contributed by atoms with Crippen LogP contribution < -0.4 is 5.32 Å². The van der Waals surface area contributed by atoms with Crippen LogP contribution in [0.3, 0.4) is 0 Å². The summed E-state index contributed by atoms with van der Waals surface area (Å²) < 4.78 is 1.86. The fraction of sp³-hybridized carbons (Fsp3) is 0.385. The Hall–Kier alpha value is -1.68. The van der Waals surface area contributed by atoms with Crippen molar-refractivity contribution in [3.05, 3.63) is 41.9 Å². The smallest absolute Gasteiger partial charge is 0.153 e. The molecular weight excluding hydrogens is 212 g/mol. The minimum absolute atomic E-state index is 0.694. The lowest BCUT2D eigenvalue weighted by molar-refractivity contribution is 0.792. The van der Waals surface area contributed by atoms with Gasteiger partial charge >= 0.3 is 0 Å². The number of nitrogens with one attached hydrogen (secondary N) is 1. The second-order valence-corrected chi connectivity index (χ2v) is 4.51. The van der Waals surface area contributed by atoms with Gasteiger partial charge in [-0.2, -0.15) is 5.10 Å². The van der Waals surface area contributed by atoms with Gasteiger partial charge in [0.2, 0.25) is 0 Å². The molecule has 0 spiro atoms. The molecule has 0 aliphatic heterocycles. The van der Waals surface area contributed by atoms with Crippen molar-refractivity contribution in [2.24, 2.45) is 0 Å². The molecule has 2 heterocycles. The van der Waals surface area contributed by atoms with Crippen molar-refractivity contribution >= 4 is 0 Å². The molecule has 2 aromatic rings. The Balaban J connectivity index is 1.81. The first-order valence-electron chi connectivity index (χ1n) is 6.02. The first-order valence-corrected chi connectivity index (χ1v) is 6.02. The van der Waals surface area contributed by atoms with Crippen LogP contribution >= 0.6 is 0 Å². The Morgan fingerprint density at radius 2 is 2.24 bits per heavy atom. The molecule has 88 valence electrons. The number of aromatic nitrogens is 3. The van der Waals surface area contributed by atoms with E-state index < -0.39 is 0 Å². The van der Waals surface area contributed by atoms with E-state index in [2.05, 4.69) is 27.5 Å². The van der Waals surface area contributed by atoms with Crippen LogP contribution in [-0.4, -0.2) is 21.8 Å². The van der Waals surface area contributed by atoms with Gasteiger partial charge in [0.05, 0.1) is 5.69 Å². The highest BCUT2D eigenvalue weighted by molar-refractivity contribution is 5.26. The molecule has 2 aromatic heterocycles. The molecule has 4 nitrogen and oxygen atoms in total. The summed E-state index contributed by atoms with van der Waals surface area (Å²) in [6.45, 7) is 0.847. The quantitative estimate of drug-likeness (QED) is 0.868. The fourth-order valence-electron chi connectivity index (χ4n) is 1.92. The van der Waals surface area contributed by atoms with Gasteiger partial charge in [-0.25, -0.2) is 9.67 Å². The Kier molecular flexibility index (Phi) is 2.65. The second kappa shape index (κ2) is 4.30. The summed E-state index contributed by atoms with van der Waals surface area (Å²) in [4.78, 5) is 4.42. The lowest BCUT2D eigenvalue weighted by Gasteiger charge is -2.02. The molecule has 1 aliphatic carbocycles. The van der Waals surface area contributed by atoms with Crippen LogP contribution in [0.4, 0.5) is 0 Å². The highest BCUT2D eigenvalue weighted by Gasteiger charge is 2.25. The first kappa shape index (κ1) is 10.5. The summed E-state index contributed by atoms with van der Waals surface area (Å²) >= 11 is 0. The van der Waals surface area contributed by atoms with E-state index in [1.165, 1.54) is 24.1 Å². The number of pyridine rings is 1. The van der Waals surface area contributed by atoms with E-state index in [-0.39, 0.29) is 0 Å². The van der Waals surface area contributed by atoms with Crippen LogP contribution in [0.25, 0.3) is 5.82 Å². The zero-order valence-corrected chi connectivity index (χ0v) is 9.93. The zero-order valence-electron chi connectivity index (χ0n) is 9.93. The maximum absolute atomic E-state index is 4.56. The monoisotopic (exact) mass is 228 g/mol. The zero-order chi connectivity index (χ0) is 11.7. The van der Waals surface area contributed by atoms with E-state index in [1.807, 2.05) is 30.2 Å². The van der Waals surface area contributed by atoms with Crippen molar-refractivity contribution in [1.82, 2.24) is 20.1 Å². The molecule has 17 heavy (non-hydrogen) atoms. The Morgan fingerprint density at radius 1 is 1.35 bits per heavy atom. The summed E-state index contributed by atoms with van der Waals surface area (Å²) in [6.07, 6.45) is 6.45. The van der Waals surface area contributed by atoms with Gasteiger partial charge in [-0.3, -0.25) is 0 Å². The molecule has 0 amide bonds. The van der Waals surface area contributed by atoms with Crippen molar-refractivity contribution in [3.8, 4) is 5.82 Å². The topological polar surface area (TPSA) is 42.7 Å². The lowest BCUT2D eigenvalue weighted by atomic mass is 10.3. The lowest BCUT2D eigenvalue weighted by Crippen LogP contribution is -2.06. The van der Waals surface area contributed by atoms with Gasteiger partial charge in [-0.05, 0) is 37.6 Å². The van der Waals surface area contributed by atoms with E-state index in [1.54, 1.807) is 0 Å². The van der Waals surface area contributed by atoms with Crippen LogP contribution in [0.1, 0.15) is 30.0 Å². The van der Waals surface area contributed by atoms with Crippen molar-refractivity contribution in [2.75, 3.05) is 7.05 Å². The van der Waals surface area contributed by atoms with Crippen molar-refractivity contribution in [3.63, 3.8) is 0 Å². The fourth-order valence-corrected chi connectivity index (χ4v) is 1.92. The van der Waals surface area contributed by atoms with Crippen LogP contribution in [-0.2, 0) is 6.54 Å². The van der Waals surface area contributed by atoms with Crippen LogP contribution in [0.5, 0.6) is 0 Å². The third-order valence-corrected chi connectivity index (χ3v) is 3.03. The maximum Gasteiger partial charge on any atom is 0.153 e. The molecule has 0 aromatic carbocycles. The second-order valence-electron chi connectivity index (χ2n) is 4.51. The highest BCUT2D eigenvalue weighted by Crippen LogP contribution is 2.38. The summed E-state index contributed by atoms with van der Waals surface area (Å²) in [6, 6.07) is 6.19. The Morgan fingerprint density at radius 3 is 2.88 bits per heavy atom. The average Bonchev–Trinajstić information content (AvgIpc) is 3.09. The van der Waals surface area contributed by atoms with Gasteiger partial charge in [0.15, 0.2) is 5.82 Å². The summed E-state index contributed by atoms with van der Waals surface area (Å²) in [5, 5.41) is 7.66. The van der Waals surface area contributed by atoms with Gasteiger partial charge in [-0.15, -0.1) is 0 Å². The molecule has 0 unspecified atom stereocenters. The molecule has 4 heteroatoms. The van der Waals surface area contributed by atoms with Crippen molar-refractivity contribution in [1.29, 1.82) is 0 Å². The average molecular weight is 228 g/mol. The molecule has 1 N–H and O–H groups in total. The molecule has 0 bridgehead atoms. The molecule has 0 atom stereocenters. The molecule has 1 fully saturated rings. The van der Waals surface area contributed by atoms with Crippen molar-refractivity contribution in [2.45, 2.75) is 25.3 Å². The van der Waals surface area contributed by atoms with Gasteiger partial charge < -0.3 is 5.32 Å². The van der Waals surface area contributed by atoms with E-state index in [4.69, 9.17) is 0 Å². The van der Waals surface area contributed by atoms with E-state index in [0.717, 1.165) is 12.4 Å². The minimum Gasteiger partial charge on any atom is -0.316 e. The van der Waals surface area contributed by atoms with Crippen LogP contribution in [0.15, 0.2) is 30.6 Å². The molecule has 0 saturated heterocycles. The Bertz CT molecular complexity index is 496. The Labute approximate surface area is 101 Å². The van der Waals surface area contributed by atoms with E-state index >= 15 is 0 Å². The van der Waals surface area contributed by atoms with E-state index in [9.17, 15) is 0 Å². The van der Waals surface area contributed by atoms with Gasteiger partial charge in [-0.1, -0.05) is 6.07 Å². The SMILES string of the molecule is CNCc1ccc(-n2ccc(C3CC3)n2)nc1. The minimum atomic E-state index is 0.694. The predicted octanol–water partition coefficient (Wildman–Crippen LogP) is 1.86. The largest absolute Gasteiger partial charge is 0.316 e. The molecule has 1 aliphatic rings. The summed E-state index contributed by atoms with van der Waals surface area (Å²) in [7, 11) is 1.93. The molecular formula is C13H16N4. The predicted molar refractivity (Wildman–Crippen MR) is 66.1 cm³/mol. The summed E-state index contributed by atoms with van der Waals surface area (Å²) in [5.74, 6) is 1.58. The number of nitrogens with zero attached hydrogens (tertiary/aromatic N) is 3. The van der Waals surface area contributed by atoms with E-state index in [0.29, 0.717) is 5.92 Å². The molecule has 0 radical (unpaired) electrons. The van der Waals surface area contributed by atoms with Crippen molar-refractivity contribution < 1.29 is 0 Å². The standard InChI is InChI=1S/C13H16N4/c1-14-8-10-2-5-13(15-9-10)17-7-6-12(16-17)11-3-4-11/h2,5-7,9,11,14H,3-4,8H2,1H3. The number of rotatable bonds is 4. The summed E-state index contributed by atoms with van der Waals surface area (Å²) in [5.41, 5.74) is 2.39. The number of hydrogen-bond acceptors (Lipinski definition) is 3. The van der Waals surface area contributed by atoms with Crippen LogP contribution in [0.2, 0.25) is 0 Å².